The molecule has 4 heteroatoms. The SMILES string of the molecule is C[CH]c1cc(N)cc(C(F)(F)F)c1. The van der Waals surface area contributed by atoms with Crippen LogP contribution in [0.3, 0.4) is 0 Å². The third kappa shape index (κ3) is 2.37. The van der Waals surface area contributed by atoms with Crippen LogP contribution >= 0.6 is 0 Å². The van der Waals surface area contributed by atoms with E-state index in [0.29, 0.717) is 5.56 Å². The van der Waals surface area contributed by atoms with E-state index in [1.807, 2.05) is 0 Å². The lowest BCUT2D eigenvalue weighted by atomic mass is 10.1. The molecule has 0 unspecified atom stereocenters. The molecule has 0 aromatic heterocycles. The molecule has 0 aliphatic heterocycles. The topological polar surface area (TPSA) is 26.0 Å². The quantitative estimate of drug-likeness (QED) is 0.674. The second-order valence-corrected chi connectivity index (χ2v) is 2.67. The van der Waals surface area contributed by atoms with E-state index in [4.69, 9.17) is 5.73 Å². The van der Waals surface area contributed by atoms with Gasteiger partial charge in [0.2, 0.25) is 0 Å². The van der Waals surface area contributed by atoms with Crippen molar-refractivity contribution >= 4 is 5.69 Å². The Balaban J connectivity index is 3.16. The molecule has 0 aliphatic carbocycles. The van der Waals surface area contributed by atoms with E-state index in [9.17, 15) is 13.2 Å². The maximum absolute atomic E-state index is 12.2. The second-order valence-electron chi connectivity index (χ2n) is 2.67. The first-order valence-corrected chi connectivity index (χ1v) is 3.70. The third-order valence-electron chi connectivity index (χ3n) is 1.64. The van der Waals surface area contributed by atoms with Crippen LogP contribution in [-0.4, -0.2) is 0 Å². The number of nitrogens with two attached hydrogens (primary N) is 1. The Kier molecular flexibility index (Phi) is 2.50. The van der Waals surface area contributed by atoms with Crippen LogP contribution < -0.4 is 5.73 Å². The summed E-state index contributed by atoms with van der Waals surface area (Å²) in [7, 11) is 0. The summed E-state index contributed by atoms with van der Waals surface area (Å²) in [6, 6.07) is 3.48. The first-order valence-electron chi connectivity index (χ1n) is 3.70. The smallest absolute Gasteiger partial charge is 0.399 e. The van der Waals surface area contributed by atoms with Gasteiger partial charge < -0.3 is 5.73 Å². The van der Waals surface area contributed by atoms with Crippen molar-refractivity contribution in [1.82, 2.24) is 0 Å². The van der Waals surface area contributed by atoms with Crippen LogP contribution in [0.25, 0.3) is 0 Å². The molecule has 0 atom stereocenters. The van der Waals surface area contributed by atoms with Gasteiger partial charge in [0, 0.05) is 5.69 Å². The Morgan fingerprint density at radius 1 is 1.23 bits per heavy atom. The molecule has 0 bridgehead atoms. The fourth-order valence-corrected chi connectivity index (χ4v) is 1.01. The Morgan fingerprint density at radius 3 is 2.31 bits per heavy atom. The maximum Gasteiger partial charge on any atom is 0.416 e. The molecular weight excluding hydrogens is 179 g/mol. The van der Waals surface area contributed by atoms with Crippen LogP contribution in [0.15, 0.2) is 18.2 Å². The van der Waals surface area contributed by atoms with Crippen LogP contribution in [0, 0.1) is 6.42 Å². The highest BCUT2D eigenvalue weighted by Crippen LogP contribution is 2.31. The number of halogens is 3. The van der Waals surface area contributed by atoms with Gasteiger partial charge >= 0.3 is 6.18 Å². The molecule has 1 aromatic rings. The summed E-state index contributed by atoms with van der Waals surface area (Å²) in [5.41, 5.74) is 5.21. The predicted octanol–water partition coefficient (Wildman–Crippen LogP) is 2.86. The van der Waals surface area contributed by atoms with Crippen LogP contribution in [0.2, 0.25) is 0 Å². The molecule has 0 saturated heterocycles. The zero-order valence-electron chi connectivity index (χ0n) is 7.02. The molecule has 0 amide bonds. The summed E-state index contributed by atoms with van der Waals surface area (Å²) >= 11 is 0. The summed E-state index contributed by atoms with van der Waals surface area (Å²) < 4.78 is 36.6. The molecule has 71 valence electrons. The predicted molar refractivity (Wildman–Crippen MR) is 44.9 cm³/mol. The number of anilines is 1. The average molecular weight is 188 g/mol. The molecule has 13 heavy (non-hydrogen) atoms. The fraction of sp³-hybridized carbons (Fsp3) is 0.222. The third-order valence-corrected chi connectivity index (χ3v) is 1.64. The molecular formula is C9H9F3N. The minimum absolute atomic E-state index is 0.128. The van der Waals surface area contributed by atoms with E-state index in [-0.39, 0.29) is 5.69 Å². The number of benzene rings is 1. The normalized spacial score (nSPS) is 11.7. The average Bonchev–Trinajstić information content (AvgIpc) is 2.01. The molecule has 2 N–H and O–H groups in total. The standard InChI is InChI=1S/C9H9F3N/c1-2-6-3-7(9(10,11)12)5-8(13)4-6/h2-5H,13H2,1H3. The highest BCUT2D eigenvalue weighted by molar-refractivity contribution is 5.47. The maximum atomic E-state index is 12.2. The van der Waals surface area contributed by atoms with Gasteiger partial charge in [-0.25, -0.2) is 0 Å². The van der Waals surface area contributed by atoms with Crippen molar-refractivity contribution in [2.75, 3.05) is 5.73 Å². The Hall–Kier alpha value is -1.19. The van der Waals surface area contributed by atoms with Crippen LogP contribution in [0.1, 0.15) is 18.1 Å². The molecule has 1 aromatic carbocycles. The summed E-state index contributed by atoms with van der Waals surface area (Å²) in [5.74, 6) is 0. The summed E-state index contributed by atoms with van der Waals surface area (Å²) in [6.45, 7) is 1.66. The van der Waals surface area contributed by atoms with E-state index in [0.717, 1.165) is 12.1 Å². The fourth-order valence-electron chi connectivity index (χ4n) is 1.01. The molecule has 1 nitrogen and oxygen atoms in total. The summed E-state index contributed by atoms with van der Waals surface area (Å²) in [5, 5.41) is 0. The number of alkyl halides is 3. The van der Waals surface area contributed by atoms with Gasteiger partial charge in [-0.2, -0.15) is 13.2 Å². The van der Waals surface area contributed by atoms with Gasteiger partial charge in [0.1, 0.15) is 0 Å². The van der Waals surface area contributed by atoms with Gasteiger partial charge in [0.25, 0.3) is 0 Å². The lowest BCUT2D eigenvalue weighted by Crippen LogP contribution is -2.06. The molecule has 0 saturated carbocycles. The van der Waals surface area contributed by atoms with Crippen molar-refractivity contribution in [3.63, 3.8) is 0 Å². The minimum atomic E-state index is -4.33. The lowest BCUT2D eigenvalue weighted by Gasteiger charge is -2.09. The molecule has 0 spiro atoms. The monoisotopic (exact) mass is 188 g/mol. The number of rotatable bonds is 1. The van der Waals surface area contributed by atoms with Crippen molar-refractivity contribution in [3.05, 3.63) is 35.7 Å². The first-order chi connectivity index (χ1) is 5.93. The van der Waals surface area contributed by atoms with Crippen molar-refractivity contribution in [3.8, 4) is 0 Å². The van der Waals surface area contributed by atoms with E-state index >= 15 is 0 Å². The first kappa shape index (κ1) is 9.89. The van der Waals surface area contributed by atoms with Crippen LogP contribution in [0.4, 0.5) is 18.9 Å². The van der Waals surface area contributed by atoms with Gasteiger partial charge in [-0.1, -0.05) is 6.92 Å². The van der Waals surface area contributed by atoms with E-state index in [2.05, 4.69) is 0 Å². The van der Waals surface area contributed by atoms with Gasteiger partial charge in [-0.3, -0.25) is 0 Å². The van der Waals surface area contributed by atoms with Crippen LogP contribution in [-0.2, 0) is 6.18 Å². The van der Waals surface area contributed by atoms with Gasteiger partial charge in [0.05, 0.1) is 5.56 Å². The van der Waals surface area contributed by atoms with Crippen molar-refractivity contribution in [1.29, 1.82) is 0 Å². The highest BCUT2D eigenvalue weighted by atomic mass is 19.4. The van der Waals surface area contributed by atoms with E-state index in [1.165, 1.54) is 6.07 Å². The zero-order valence-corrected chi connectivity index (χ0v) is 7.02. The Bertz CT molecular complexity index is 304. The highest BCUT2D eigenvalue weighted by Gasteiger charge is 2.30. The summed E-state index contributed by atoms with van der Waals surface area (Å²) in [4.78, 5) is 0. The van der Waals surface area contributed by atoms with E-state index < -0.39 is 11.7 Å². The number of hydrogen-bond acceptors (Lipinski definition) is 1. The second kappa shape index (κ2) is 3.28. The van der Waals surface area contributed by atoms with E-state index in [1.54, 1.807) is 13.3 Å². The van der Waals surface area contributed by atoms with Gasteiger partial charge in [0.15, 0.2) is 0 Å². The lowest BCUT2D eigenvalue weighted by molar-refractivity contribution is -0.137. The van der Waals surface area contributed by atoms with Crippen molar-refractivity contribution in [2.45, 2.75) is 13.1 Å². The summed E-state index contributed by atoms with van der Waals surface area (Å²) in [6.07, 6.45) is -2.75. The van der Waals surface area contributed by atoms with Gasteiger partial charge in [-0.15, -0.1) is 0 Å². The molecule has 1 radical (unpaired) electrons. The number of hydrogen-bond donors (Lipinski definition) is 1. The zero-order chi connectivity index (χ0) is 10.1. The molecule has 0 fully saturated rings. The largest absolute Gasteiger partial charge is 0.416 e. The van der Waals surface area contributed by atoms with Crippen molar-refractivity contribution in [2.24, 2.45) is 0 Å². The Labute approximate surface area is 74.4 Å². The molecule has 0 heterocycles. The Morgan fingerprint density at radius 2 is 1.85 bits per heavy atom. The van der Waals surface area contributed by atoms with Crippen LogP contribution in [0.5, 0.6) is 0 Å². The molecule has 1 rings (SSSR count). The van der Waals surface area contributed by atoms with Gasteiger partial charge in [-0.05, 0) is 30.2 Å². The number of nitrogen functional groups attached to an aromatic ring is 1. The molecule has 0 aliphatic rings. The van der Waals surface area contributed by atoms with Crippen molar-refractivity contribution < 1.29 is 13.2 Å². The minimum Gasteiger partial charge on any atom is -0.399 e.